The van der Waals surface area contributed by atoms with E-state index in [2.05, 4.69) is 4.74 Å². The Kier molecular flexibility index (Phi) is 6.78. The molecule has 2 unspecified atom stereocenters. The summed E-state index contributed by atoms with van der Waals surface area (Å²) in [7, 11) is 1.38. The largest absolute Gasteiger partial charge is 0.453 e. The molecule has 1 aliphatic heterocycles. The van der Waals surface area contributed by atoms with E-state index in [1.807, 2.05) is 18.7 Å². The van der Waals surface area contributed by atoms with E-state index in [4.69, 9.17) is 5.73 Å². The summed E-state index contributed by atoms with van der Waals surface area (Å²) in [5, 5.41) is 0. The van der Waals surface area contributed by atoms with Gasteiger partial charge in [0.05, 0.1) is 7.11 Å². The molecule has 2 N–H and O–H groups in total. The molecule has 0 saturated carbocycles. The molecule has 0 aliphatic carbocycles. The minimum Gasteiger partial charge on any atom is -0.453 e. The lowest BCUT2D eigenvalue weighted by Gasteiger charge is -2.35. The third-order valence-electron chi connectivity index (χ3n) is 3.74. The first-order chi connectivity index (χ1) is 9.45. The van der Waals surface area contributed by atoms with Gasteiger partial charge < -0.3 is 20.3 Å². The Morgan fingerprint density at radius 1 is 1.10 bits per heavy atom. The minimum absolute atomic E-state index is 0.0263. The maximum Gasteiger partial charge on any atom is 0.409 e. The van der Waals surface area contributed by atoms with E-state index in [1.165, 1.54) is 7.11 Å². The summed E-state index contributed by atoms with van der Waals surface area (Å²) >= 11 is 0. The zero-order valence-corrected chi connectivity index (χ0v) is 12.8. The molecule has 0 spiro atoms. The number of amides is 2. The summed E-state index contributed by atoms with van der Waals surface area (Å²) in [6.07, 6.45) is 2.49. The van der Waals surface area contributed by atoms with Gasteiger partial charge in [-0.15, -0.1) is 0 Å². The van der Waals surface area contributed by atoms with Gasteiger partial charge in [-0.3, -0.25) is 4.79 Å². The van der Waals surface area contributed by atoms with Crippen molar-refractivity contribution in [3.8, 4) is 0 Å². The highest BCUT2D eigenvalue weighted by molar-refractivity contribution is 5.79. The van der Waals surface area contributed by atoms with Crippen LogP contribution >= 0.6 is 0 Å². The summed E-state index contributed by atoms with van der Waals surface area (Å²) in [6, 6.07) is 0.195. The second-order valence-electron chi connectivity index (χ2n) is 5.59. The molecule has 0 aromatic heterocycles. The topological polar surface area (TPSA) is 75.9 Å². The van der Waals surface area contributed by atoms with Crippen LogP contribution in [0.3, 0.4) is 0 Å². The summed E-state index contributed by atoms with van der Waals surface area (Å²) in [6.45, 7) is 6.22. The van der Waals surface area contributed by atoms with E-state index >= 15 is 0 Å². The predicted octanol–water partition coefficient (Wildman–Crippen LogP) is 1.05. The minimum atomic E-state index is -0.318. The first-order valence-electron chi connectivity index (χ1n) is 7.33. The number of carbonyl (C=O) groups is 2. The zero-order valence-electron chi connectivity index (χ0n) is 12.8. The molecule has 116 valence electrons. The quantitative estimate of drug-likeness (QED) is 0.819. The second-order valence-corrected chi connectivity index (χ2v) is 5.59. The van der Waals surface area contributed by atoms with E-state index < -0.39 is 0 Å². The maximum atomic E-state index is 12.3. The first-order valence-corrected chi connectivity index (χ1v) is 7.33. The van der Waals surface area contributed by atoms with Crippen LogP contribution in [0.4, 0.5) is 4.79 Å². The second kappa shape index (κ2) is 8.09. The number of nitrogens with zero attached hydrogens (tertiary/aromatic N) is 2. The first kappa shape index (κ1) is 16.8. The van der Waals surface area contributed by atoms with E-state index in [0.29, 0.717) is 26.2 Å². The molecule has 0 aromatic carbocycles. The van der Waals surface area contributed by atoms with Gasteiger partial charge >= 0.3 is 6.09 Å². The van der Waals surface area contributed by atoms with Gasteiger partial charge in [-0.2, -0.15) is 0 Å². The standard InChI is InChI=1S/C14H27N3O3/c1-11(5-4-6-12(2)15)13(18)16-7-9-17(10-8-16)14(19)20-3/h11-12H,4-10,15H2,1-3H3. The molecule has 1 aliphatic rings. The number of hydrogen-bond donors (Lipinski definition) is 1. The number of ether oxygens (including phenoxy) is 1. The molecule has 1 heterocycles. The van der Waals surface area contributed by atoms with Gasteiger partial charge in [0, 0.05) is 38.1 Å². The van der Waals surface area contributed by atoms with Crippen molar-refractivity contribution in [2.75, 3.05) is 33.3 Å². The number of piperazine rings is 1. The van der Waals surface area contributed by atoms with Crippen molar-refractivity contribution in [3.63, 3.8) is 0 Å². The molecular formula is C14H27N3O3. The lowest BCUT2D eigenvalue weighted by Crippen LogP contribution is -2.51. The van der Waals surface area contributed by atoms with Crippen molar-refractivity contribution in [1.29, 1.82) is 0 Å². The fraction of sp³-hybridized carbons (Fsp3) is 0.857. The summed E-state index contributed by atoms with van der Waals surface area (Å²) in [5.74, 6) is 0.206. The van der Waals surface area contributed by atoms with Crippen molar-refractivity contribution < 1.29 is 14.3 Å². The fourth-order valence-electron chi connectivity index (χ4n) is 2.42. The molecule has 1 fully saturated rings. The molecule has 20 heavy (non-hydrogen) atoms. The molecule has 1 saturated heterocycles. The molecule has 6 heteroatoms. The zero-order chi connectivity index (χ0) is 15.1. The van der Waals surface area contributed by atoms with Crippen LogP contribution in [0, 0.1) is 5.92 Å². The summed E-state index contributed by atoms with van der Waals surface area (Å²) in [4.78, 5) is 27.1. The molecule has 2 atom stereocenters. The molecule has 1 rings (SSSR count). The van der Waals surface area contributed by atoms with Crippen LogP contribution in [0.15, 0.2) is 0 Å². The smallest absolute Gasteiger partial charge is 0.409 e. The molecule has 0 radical (unpaired) electrons. The van der Waals surface area contributed by atoms with Crippen molar-refractivity contribution in [1.82, 2.24) is 9.80 Å². The van der Waals surface area contributed by atoms with E-state index in [1.54, 1.807) is 4.90 Å². The highest BCUT2D eigenvalue weighted by Crippen LogP contribution is 2.14. The highest BCUT2D eigenvalue weighted by atomic mass is 16.5. The lowest BCUT2D eigenvalue weighted by atomic mass is 10.0. The van der Waals surface area contributed by atoms with Crippen molar-refractivity contribution >= 4 is 12.0 Å². The van der Waals surface area contributed by atoms with Gasteiger partial charge in [0.15, 0.2) is 0 Å². The van der Waals surface area contributed by atoms with Crippen LogP contribution in [0.2, 0.25) is 0 Å². The molecule has 2 amide bonds. The number of methoxy groups -OCH3 is 1. The Hall–Kier alpha value is -1.30. The predicted molar refractivity (Wildman–Crippen MR) is 77.2 cm³/mol. The summed E-state index contributed by atoms with van der Waals surface area (Å²) in [5.41, 5.74) is 5.71. The van der Waals surface area contributed by atoms with Gasteiger partial charge in [-0.1, -0.05) is 13.3 Å². The van der Waals surface area contributed by atoms with Crippen molar-refractivity contribution in [3.05, 3.63) is 0 Å². The van der Waals surface area contributed by atoms with Gasteiger partial charge in [-0.05, 0) is 19.8 Å². The van der Waals surface area contributed by atoms with Gasteiger partial charge in [0.1, 0.15) is 0 Å². The van der Waals surface area contributed by atoms with E-state index in [9.17, 15) is 9.59 Å². The van der Waals surface area contributed by atoms with E-state index in [-0.39, 0.29) is 24.0 Å². The third-order valence-corrected chi connectivity index (χ3v) is 3.74. The van der Waals surface area contributed by atoms with Crippen molar-refractivity contribution in [2.24, 2.45) is 11.7 Å². The van der Waals surface area contributed by atoms with E-state index in [0.717, 1.165) is 19.3 Å². The van der Waals surface area contributed by atoms with Gasteiger partial charge in [-0.25, -0.2) is 4.79 Å². The normalized spacial score (nSPS) is 18.6. The van der Waals surface area contributed by atoms with Crippen LogP contribution in [-0.4, -0.2) is 61.1 Å². The van der Waals surface area contributed by atoms with Crippen LogP contribution in [-0.2, 0) is 9.53 Å². The summed E-state index contributed by atoms with van der Waals surface area (Å²) < 4.78 is 4.68. The molecule has 0 bridgehead atoms. The van der Waals surface area contributed by atoms with Crippen LogP contribution in [0.25, 0.3) is 0 Å². The average Bonchev–Trinajstić information content (AvgIpc) is 2.45. The Labute approximate surface area is 121 Å². The van der Waals surface area contributed by atoms with Crippen LogP contribution in [0.1, 0.15) is 33.1 Å². The Balaban J connectivity index is 2.32. The van der Waals surface area contributed by atoms with Crippen LogP contribution < -0.4 is 5.73 Å². The number of hydrogen-bond acceptors (Lipinski definition) is 4. The molecule has 0 aromatic rings. The van der Waals surface area contributed by atoms with Crippen LogP contribution in [0.5, 0.6) is 0 Å². The molecule has 6 nitrogen and oxygen atoms in total. The Morgan fingerprint density at radius 2 is 1.65 bits per heavy atom. The Morgan fingerprint density at radius 3 is 2.15 bits per heavy atom. The van der Waals surface area contributed by atoms with Gasteiger partial charge in [0.25, 0.3) is 0 Å². The number of nitrogens with two attached hydrogens (primary N) is 1. The number of carbonyl (C=O) groups excluding carboxylic acids is 2. The SMILES string of the molecule is COC(=O)N1CCN(C(=O)C(C)CCCC(C)N)CC1. The highest BCUT2D eigenvalue weighted by Gasteiger charge is 2.26. The monoisotopic (exact) mass is 285 g/mol. The van der Waals surface area contributed by atoms with Crippen molar-refractivity contribution in [2.45, 2.75) is 39.2 Å². The molecular weight excluding hydrogens is 258 g/mol. The Bertz CT molecular complexity index is 326. The fourth-order valence-corrected chi connectivity index (χ4v) is 2.42. The maximum absolute atomic E-state index is 12.3. The lowest BCUT2D eigenvalue weighted by molar-refractivity contribution is -0.136. The number of rotatable bonds is 5. The average molecular weight is 285 g/mol. The van der Waals surface area contributed by atoms with Gasteiger partial charge in [0.2, 0.25) is 5.91 Å². The third kappa shape index (κ3) is 5.00.